The van der Waals surface area contributed by atoms with Crippen LogP contribution in [0.4, 0.5) is 18.9 Å². The highest BCUT2D eigenvalue weighted by Crippen LogP contribution is 2.52. The average molecular weight is 563 g/mol. The van der Waals surface area contributed by atoms with Crippen molar-refractivity contribution >= 4 is 23.2 Å². The van der Waals surface area contributed by atoms with E-state index in [0.29, 0.717) is 22.0 Å². The second kappa shape index (κ2) is 10.4. The van der Waals surface area contributed by atoms with Crippen molar-refractivity contribution in [1.82, 2.24) is 24.6 Å². The molecule has 2 aliphatic carbocycles. The van der Waals surface area contributed by atoms with Crippen LogP contribution in [0.25, 0.3) is 0 Å². The molecule has 2 N–H and O–H groups in total. The maximum absolute atomic E-state index is 13.3. The number of nitrogens with one attached hydrogen (secondary N) is 2. The smallest absolute Gasteiger partial charge is 0.320 e. The normalized spacial score (nSPS) is 21.0. The molecule has 0 radical (unpaired) electrons. The minimum absolute atomic E-state index is 0.240. The molecule has 5 rings (SSSR count). The summed E-state index contributed by atoms with van der Waals surface area (Å²) < 4.78 is 42.1. The van der Waals surface area contributed by atoms with Gasteiger partial charge in [0.25, 0.3) is 11.5 Å². The standard InChI is InChI=1S/C27H30ClF3N6O2/c1-16-9-26(10-16,25-35-33-15-36(25)2)19-5-6-21(28)22(8-19)34-23(38)20-7-18(12-32-11-17-3-4-17)13-37(24(20)39)14-27(29,30)31/h5-8,13,15-17,32H,3-4,9-12,14H2,1-2H3,(H,34,38). The Morgan fingerprint density at radius 3 is 2.59 bits per heavy atom. The maximum Gasteiger partial charge on any atom is 0.406 e. The Balaban J connectivity index is 1.45. The van der Waals surface area contributed by atoms with Gasteiger partial charge in [0.1, 0.15) is 24.3 Å². The summed E-state index contributed by atoms with van der Waals surface area (Å²) in [5, 5.41) is 14.5. The van der Waals surface area contributed by atoms with Crippen molar-refractivity contribution in [3.63, 3.8) is 0 Å². The molecule has 0 aliphatic heterocycles. The van der Waals surface area contributed by atoms with Gasteiger partial charge in [-0.1, -0.05) is 24.6 Å². The van der Waals surface area contributed by atoms with Gasteiger partial charge >= 0.3 is 6.18 Å². The van der Waals surface area contributed by atoms with Crippen LogP contribution in [0.3, 0.4) is 0 Å². The molecule has 2 aromatic heterocycles. The Hall–Kier alpha value is -3.18. The Labute approximate surface area is 228 Å². The molecule has 208 valence electrons. The molecule has 0 spiro atoms. The molecule has 1 aromatic carbocycles. The van der Waals surface area contributed by atoms with E-state index in [1.165, 1.54) is 6.07 Å². The lowest BCUT2D eigenvalue weighted by Crippen LogP contribution is -2.43. The monoisotopic (exact) mass is 562 g/mol. The Morgan fingerprint density at radius 2 is 1.97 bits per heavy atom. The van der Waals surface area contributed by atoms with Crippen molar-refractivity contribution < 1.29 is 18.0 Å². The number of alkyl halides is 3. The van der Waals surface area contributed by atoms with Crippen molar-refractivity contribution in [3.8, 4) is 0 Å². The molecule has 2 saturated carbocycles. The lowest BCUT2D eigenvalue weighted by Gasteiger charge is -2.46. The van der Waals surface area contributed by atoms with E-state index in [4.69, 9.17) is 11.6 Å². The fraction of sp³-hybridized carbons (Fsp3) is 0.481. The second-order valence-electron chi connectivity index (χ2n) is 10.9. The molecule has 0 saturated heterocycles. The summed E-state index contributed by atoms with van der Waals surface area (Å²) in [5.74, 6) is 0.987. The summed E-state index contributed by atoms with van der Waals surface area (Å²) in [6.45, 7) is 1.63. The van der Waals surface area contributed by atoms with Crippen molar-refractivity contribution in [2.45, 2.75) is 57.3 Å². The SMILES string of the molecule is CC1CC(c2ccc(Cl)c(NC(=O)c3cc(CNCC4CC4)cn(CC(F)(F)F)c3=O)c2)(c2nncn2C)C1. The molecule has 3 aromatic rings. The number of anilines is 1. The number of carbonyl (C=O) groups is 1. The minimum atomic E-state index is -4.62. The lowest BCUT2D eigenvalue weighted by atomic mass is 9.58. The van der Waals surface area contributed by atoms with E-state index in [9.17, 15) is 22.8 Å². The van der Waals surface area contributed by atoms with Crippen LogP contribution in [0.2, 0.25) is 5.02 Å². The largest absolute Gasteiger partial charge is 0.406 e. The zero-order chi connectivity index (χ0) is 27.9. The lowest BCUT2D eigenvalue weighted by molar-refractivity contribution is -0.141. The van der Waals surface area contributed by atoms with Crippen molar-refractivity contribution in [2.75, 3.05) is 11.9 Å². The molecular weight excluding hydrogens is 533 g/mol. The van der Waals surface area contributed by atoms with Crippen LogP contribution in [0.1, 0.15) is 59.9 Å². The first-order chi connectivity index (χ1) is 18.4. The molecule has 8 nitrogen and oxygen atoms in total. The Morgan fingerprint density at radius 1 is 1.23 bits per heavy atom. The highest BCUT2D eigenvalue weighted by atomic mass is 35.5. The van der Waals surface area contributed by atoms with Gasteiger partial charge in [0, 0.05) is 19.8 Å². The number of carbonyl (C=O) groups excluding carboxylic acids is 1. The predicted molar refractivity (Wildman–Crippen MR) is 141 cm³/mol. The van der Waals surface area contributed by atoms with E-state index in [0.717, 1.165) is 49.8 Å². The summed E-state index contributed by atoms with van der Waals surface area (Å²) in [4.78, 5) is 26.3. The van der Waals surface area contributed by atoms with Gasteiger partial charge in [-0.2, -0.15) is 13.2 Å². The zero-order valence-corrected chi connectivity index (χ0v) is 22.4. The van der Waals surface area contributed by atoms with E-state index in [1.807, 2.05) is 17.7 Å². The number of amides is 1. The van der Waals surface area contributed by atoms with Gasteiger partial charge < -0.3 is 19.8 Å². The molecule has 12 heteroatoms. The molecule has 2 aliphatic rings. The number of hydrogen-bond donors (Lipinski definition) is 2. The summed E-state index contributed by atoms with van der Waals surface area (Å²) in [6.07, 6.45) is 2.05. The molecule has 0 unspecified atom stereocenters. The van der Waals surface area contributed by atoms with Crippen LogP contribution < -0.4 is 16.2 Å². The fourth-order valence-electron chi connectivity index (χ4n) is 5.51. The van der Waals surface area contributed by atoms with Gasteiger partial charge in [-0.25, -0.2) is 0 Å². The van der Waals surface area contributed by atoms with E-state index < -0.39 is 29.6 Å². The van der Waals surface area contributed by atoms with E-state index in [1.54, 1.807) is 18.5 Å². The van der Waals surface area contributed by atoms with E-state index in [2.05, 4.69) is 27.8 Å². The first kappa shape index (κ1) is 27.4. The number of aromatic nitrogens is 4. The topological polar surface area (TPSA) is 93.8 Å². The Kier molecular flexibility index (Phi) is 7.32. The highest BCUT2D eigenvalue weighted by molar-refractivity contribution is 6.34. The molecule has 2 heterocycles. The maximum atomic E-state index is 13.3. The zero-order valence-electron chi connectivity index (χ0n) is 21.7. The third-order valence-electron chi connectivity index (χ3n) is 7.50. The molecule has 1 amide bonds. The van der Waals surface area contributed by atoms with Crippen LogP contribution in [-0.4, -0.2) is 38.0 Å². The molecule has 2 fully saturated rings. The van der Waals surface area contributed by atoms with E-state index >= 15 is 0 Å². The van der Waals surface area contributed by atoms with Gasteiger partial charge in [0.15, 0.2) is 0 Å². The third kappa shape index (κ3) is 5.89. The summed E-state index contributed by atoms with van der Waals surface area (Å²) in [6, 6.07) is 6.63. The number of halogens is 4. The number of rotatable bonds is 9. The summed E-state index contributed by atoms with van der Waals surface area (Å²) >= 11 is 6.43. The third-order valence-corrected chi connectivity index (χ3v) is 7.83. The number of aryl methyl sites for hydroxylation is 1. The van der Waals surface area contributed by atoms with Gasteiger partial charge in [-0.05, 0) is 73.4 Å². The first-order valence-corrected chi connectivity index (χ1v) is 13.3. The van der Waals surface area contributed by atoms with Crippen LogP contribution in [0, 0.1) is 11.8 Å². The predicted octanol–water partition coefficient (Wildman–Crippen LogP) is 4.66. The van der Waals surface area contributed by atoms with Gasteiger partial charge in [-0.3, -0.25) is 9.59 Å². The summed E-state index contributed by atoms with van der Waals surface area (Å²) in [5.41, 5.74) is -0.267. The molecule has 0 atom stereocenters. The van der Waals surface area contributed by atoms with Crippen LogP contribution in [-0.2, 0) is 25.6 Å². The van der Waals surface area contributed by atoms with Crippen LogP contribution >= 0.6 is 11.6 Å². The first-order valence-electron chi connectivity index (χ1n) is 12.9. The fourth-order valence-corrected chi connectivity index (χ4v) is 5.68. The number of nitrogens with zero attached hydrogens (tertiary/aromatic N) is 4. The van der Waals surface area contributed by atoms with Gasteiger partial charge in [-0.15, -0.1) is 10.2 Å². The van der Waals surface area contributed by atoms with Gasteiger partial charge in [0.2, 0.25) is 0 Å². The minimum Gasteiger partial charge on any atom is -0.320 e. The number of hydrogen-bond acceptors (Lipinski definition) is 5. The number of benzene rings is 1. The molecule has 39 heavy (non-hydrogen) atoms. The second-order valence-corrected chi connectivity index (χ2v) is 11.3. The van der Waals surface area contributed by atoms with Crippen LogP contribution in [0.5, 0.6) is 0 Å². The molecular formula is C27H30ClF3N6O2. The van der Waals surface area contributed by atoms with Gasteiger partial charge in [0.05, 0.1) is 16.1 Å². The number of pyridine rings is 1. The molecule has 0 bridgehead atoms. The van der Waals surface area contributed by atoms with Crippen LogP contribution in [0.15, 0.2) is 41.6 Å². The quantitative estimate of drug-likeness (QED) is 0.396. The highest BCUT2D eigenvalue weighted by Gasteiger charge is 2.48. The van der Waals surface area contributed by atoms with Crippen molar-refractivity contribution in [3.05, 3.63) is 74.7 Å². The average Bonchev–Trinajstić information content (AvgIpc) is 3.57. The summed E-state index contributed by atoms with van der Waals surface area (Å²) in [7, 11) is 1.87. The van der Waals surface area contributed by atoms with Crippen molar-refractivity contribution in [1.29, 1.82) is 0 Å². The Bertz CT molecular complexity index is 1440. The van der Waals surface area contributed by atoms with E-state index in [-0.39, 0.29) is 22.8 Å². The van der Waals surface area contributed by atoms with Crippen molar-refractivity contribution in [2.24, 2.45) is 18.9 Å².